The first-order valence-electron chi connectivity index (χ1n) is 6.72. The zero-order valence-electron chi connectivity index (χ0n) is 12.2. The van der Waals surface area contributed by atoms with Crippen LogP contribution in [0.3, 0.4) is 0 Å². The number of rotatable bonds is 0. The molecular weight excluding hydrogens is 204 g/mol. The van der Waals surface area contributed by atoms with Crippen LogP contribution >= 0.6 is 0 Å². The Balaban J connectivity index is 0.000000686. The highest BCUT2D eigenvalue weighted by Crippen LogP contribution is 2.45. The minimum atomic E-state index is 0.147. The molecule has 94 valence electrons. The Bertz CT molecular complexity index is 410. The van der Waals surface area contributed by atoms with E-state index in [1.165, 1.54) is 22.3 Å². The van der Waals surface area contributed by atoms with Gasteiger partial charge in [-0.2, -0.15) is 0 Å². The van der Waals surface area contributed by atoms with Gasteiger partial charge in [-0.25, -0.2) is 0 Å². The van der Waals surface area contributed by atoms with Crippen LogP contribution in [0.4, 0.5) is 0 Å². The monoisotopic (exact) mass is 230 g/mol. The van der Waals surface area contributed by atoms with Crippen molar-refractivity contribution in [3.05, 3.63) is 47.0 Å². The maximum absolute atomic E-state index is 4.25. The van der Waals surface area contributed by atoms with E-state index in [2.05, 4.69) is 52.5 Å². The van der Waals surface area contributed by atoms with Crippen molar-refractivity contribution < 1.29 is 0 Å². The molecule has 0 fully saturated rings. The zero-order chi connectivity index (χ0) is 13.2. The van der Waals surface area contributed by atoms with Gasteiger partial charge in [-0.15, -0.1) is 0 Å². The van der Waals surface area contributed by atoms with Gasteiger partial charge in [0.2, 0.25) is 0 Å². The van der Waals surface area contributed by atoms with Gasteiger partial charge in [0.25, 0.3) is 0 Å². The molecule has 0 aromatic heterocycles. The number of hydrogen-bond donors (Lipinski definition) is 0. The summed E-state index contributed by atoms with van der Waals surface area (Å²) in [6.07, 6.45) is 1.13. The fourth-order valence-electron chi connectivity index (χ4n) is 2.57. The molecule has 0 bridgehead atoms. The van der Waals surface area contributed by atoms with Gasteiger partial charge < -0.3 is 0 Å². The second-order valence-electron chi connectivity index (χ2n) is 5.42. The molecule has 1 aromatic rings. The Hall–Kier alpha value is -1.04. The summed E-state index contributed by atoms with van der Waals surface area (Å²) < 4.78 is 0. The lowest BCUT2D eigenvalue weighted by Gasteiger charge is -2.38. The van der Waals surface area contributed by atoms with Gasteiger partial charge in [0.1, 0.15) is 0 Å². The van der Waals surface area contributed by atoms with Crippen molar-refractivity contribution in [2.45, 2.75) is 59.3 Å². The Labute approximate surface area is 107 Å². The molecule has 1 aromatic carbocycles. The number of allylic oxidation sites excluding steroid dienone is 1. The Kier molecular flexibility index (Phi) is 4.19. The van der Waals surface area contributed by atoms with E-state index < -0.39 is 0 Å². The van der Waals surface area contributed by atoms with Crippen LogP contribution in [0.1, 0.15) is 63.6 Å². The van der Waals surface area contributed by atoms with Crippen molar-refractivity contribution in [1.29, 1.82) is 0 Å². The second-order valence-corrected chi connectivity index (χ2v) is 5.42. The lowest BCUT2D eigenvalue weighted by molar-refractivity contribution is 0.521. The van der Waals surface area contributed by atoms with Crippen LogP contribution in [0.2, 0.25) is 0 Å². The third-order valence-corrected chi connectivity index (χ3v) is 3.85. The van der Waals surface area contributed by atoms with Crippen LogP contribution in [0.25, 0.3) is 0 Å². The third kappa shape index (κ3) is 2.46. The summed E-state index contributed by atoms with van der Waals surface area (Å²) in [6, 6.07) is 6.85. The van der Waals surface area contributed by atoms with Crippen molar-refractivity contribution >= 4 is 0 Å². The minimum absolute atomic E-state index is 0.147. The predicted molar refractivity (Wildman–Crippen MR) is 77.7 cm³/mol. The predicted octanol–water partition coefficient (Wildman–Crippen LogP) is 5.36. The molecule has 0 saturated carbocycles. The summed E-state index contributed by atoms with van der Waals surface area (Å²) in [5, 5.41) is 0. The van der Waals surface area contributed by atoms with E-state index in [1.54, 1.807) is 0 Å². The summed E-state index contributed by atoms with van der Waals surface area (Å²) in [7, 11) is 0. The van der Waals surface area contributed by atoms with E-state index in [0.29, 0.717) is 5.92 Å². The molecule has 0 nitrogen and oxygen atoms in total. The lowest BCUT2D eigenvalue weighted by Crippen LogP contribution is -2.27. The van der Waals surface area contributed by atoms with Gasteiger partial charge in [-0.05, 0) is 30.4 Å². The maximum atomic E-state index is 4.25. The first-order valence-corrected chi connectivity index (χ1v) is 6.72. The molecule has 0 saturated heterocycles. The van der Waals surface area contributed by atoms with Gasteiger partial charge in [0, 0.05) is 5.41 Å². The van der Waals surface area contributed by atoms with E-state index in [9.17, 15) is 0 Å². The molecule has 2 rings (SSSR count). The number of aryl methyl sites for hydroxylation is 1. The van der Waals surface area contributed by atoms with Crippen LogP contribution < -0.4 is 0 Å². The van der Waals surface area contributed by atoms with E-state index in [0.717, 1.165) is 6.42 Å². The molecule has 1 unspecified atom stereocenters. The Morgan fingerprint density at radius 1 is 1.24 bits per heavy atom. The van der Waals surface area contributed by atoms with Crippen molar-refractivity contribution in [3.63, 3.8) is 0 Å². The van der Waals surface area contributed by atoms with Gasteiger partial charge in [-0.3, -0.25) is 0 Å². The summed E-state index contributed by atoms with van der Waals surface area (Å²) in [5.41, 5.74) is 5.86. The summed E-state index contributed by atoms with van der Waals surface area (Å²) >= 11 is 0. The fraction of sp³-hybridized carbons (Fsp3) is 0.529. The van der Waals surface area contributed by atoms with Crippen molar-refractivity contribution in [2.75, 3.05) is 0 Å². The number of hydrogen-bond acceptors (Lipinski definition) is 0. The smallest absolute Gasteiger partial charge is 0.0105 e. The molecule has 1 aliphatic rings. The molecule has 0 spiro atoms. The van der Waals surface area contributed by atoms with Gasteiger partial charge in [0.15, 0.2) is 0 Å². The average molecular weight is 230 g/mol. The maximum Gasteiger partial charge on any atom is 0.0105 e. The molecule has 17 heavy (non-hydrogen) atoms. The van der Waals surface area contributed by atoms with Crippen LogP contribution in [-0.4, -0.2) is 0 Å². The van der Waals surface area contributed by atoms with Gasteiger partial charge in [-0.1, -0.05) is 70.5 Å². The lowest BCUT2D eigenvalue weighted by atomic mass is 9.66. The summed E-state index contributed by atoms with van der Waals surface area (Å²) in [4.78, 5) is 0. The van der Waals surface area contributed by atoms with Crippen LogP contribution in [0.5, 0.6) is 0 Å². The highest BCUT2D eigenvalue weighted by atomic mass is 14.4. The zero-order valence-corrected chi connectivity index (χ0v) is 12.2. The highest BCUT2D eigenvalue weighted by Gasteiger charge is 2.33. The third-order valence-electron chi connectivity index (χ3n) is 3.85. The number of fused-ring (bicyclic) bond motifs is 1. The van der Waals surface area contributed by atoms with Crippen molar-refractivity contribution in [3.8, 4) is 0 Å². The van der Waals surface area contributed by atoms with Crippen molar-refractivity contribution in [1.82, 2.24) is 0 Å². The molecule has 0 aliphatic heterocycles. The average Bonchev–Trinajstić information content (AvgIpc) is 2.29. The molecule has 0 heterocycles. The van der Waals surface area contributed by atoms with Gasteiger partial charge >= 0.3 is 0 Å². The standard InChI is InChI=1S/C15H20.C2H6/c1-10-6-7-13-11(2)9-12(3)15(4,5)14(13)8-10;1-2/h6-8,11H,3,9H2,1-2,4-5H3;1-2H3. The minimum Gasteiger partial charge on any atom is -0.0990 e. The topological polar surface area (TPSA) is 0 Å². The number of benzene rings is 1. The largest absolute Gasteiger partial charge is 0.0990 e. The molecular formula is C17H26. The van der Waals surface area contributed by atoms with E-state index >= 15 is 0 Å². The molecule has 0 heteroatoms. The summed E-state index contributed by atoms with van der Waals surface area (Å²) in [6.45, 7) is 17.3. The summed E-state index contributed by atoms with van der Waals surface area (Å²) in [5.74, 6) is 0.626. The first kappa shape index (κ1) is 14.0. The molecule has 1 aliphatic carbocycles. The van der Waals surface area contributed by atoms with Gasteiger partial charge in [0.05, 0.1) is 0 Å². The van der Waals surface area contributed by atoms with Crippen molar-refractivity contribution in [2.24, 2.45) is 0 Å². The fourth-order valence-corrected chi connectivity index (χ4v) is 2.57. The molecule has 0 amide bonds. The molecule has 1 atom stereocenters. The SMILES string of the molecule is C=C1CC(C)c2ccc(C)cc2C1(C)C.CC. The normalized spacial score (nSPS) is 21.3. The first-order chi connectivity index (χ1) is 7.93. The van der Waals surface area contributed by atoms with Crippen LogP contribution in [0, 0.1) is 6.92 Å². The van der Waals surface area contributed by atoms with Crippen LogP contribution in [-0.2, 0) is 5.41 Å². The second kappa shape index (κ2) is 5.08. The Morgan fingerprint density at radius 2 is 1.82 bits per heavy atom. The Morgan fingerprint density at radius 3 is 2.41 bits per heavy atom. The molecule has 0 radical (unpaired) electrons. The molecule has 0 N–H and O–H groups in total. The van der Waals surface area contributed by atoms with E-state index in [4.69, 9.17) is 0 Å². The van der Waals surface area contributed by atoms with E-state index in [1.807, 2.05) is 13.8 Å². The quantitative estimate of drug-likeness (QED) is 0.526. The highest BCUT2D eigenvalue weighted by molar-refractivity contribution is 5.47. The van der Waals surface area contributed by atoms with E-state index in [-0.39, 0.29) is 5.41 Å². The van der Waals surface area contributed by atoms with Crippen LogP contribution in [0.15, 0.2) is 30.4 Å².